The lowest BCUT2D eigenvalue weighted by atomic mass is 10.8. The number of rotatable bonds is 4. The topological polar surface area (TPSA) is 20.2 Å². The van der Waals surface area contributed by atoms with Crippen molar-refractivity contribution in [2.45, 2.75) is 63.2 Å². The van der Waals surface area contributed by atoms with Crippen molar-refractivity contribution in [2.24, 2.45) is 0 Å². The second-order valence-corrected chi connectivity index (χ2v) is 25.4. The van der Waals surface area contributed by atoms with Gasteiger partial charge in [-0.05, 0) is 4.28 Å². The second kappa shape index (κ2) is 4.13. The summed E-state index contributed by atoms with van der Waals surface area (Å²) in [5.74, 6) is 0. The van der Waals surface area contributed by atoms with Crippen LogP contribution in [0.25, 0.3) is 0 Å². The first-order valence-corrected chi connectivity index (χ1v) is 16.4. The minimum atomic E-state index is -1.33. The quantitative estimate of drug-likeness (QED) is 0.764. The first-order valence-electron chi connectivity index (χ1n) is 5.92. The Morgan fingerprint density at radius 2 is 0.867 bits per heavy atom. The molecule has 1 N–H and O–H groups in total. The minimum Gasteiger partial charge on any atom is -0.397 e. The standard InChI is InChI=1S/C11H30OSi3/c1-13(2,3)11(10-12,14(4,5)6)15(7,8)9/h12H,10H2,1-9H3. The highest BCUT2D eigenvalue weighted by Crippen LogP contribution is 2.53. The molecule has 15 heavy (non-hydrogen) atoms. The average molecular weight is 263 g/mol. The number of hydrogen-bond donors (Lipinski definition) is 1. The van der Waals surface area contributed by atoms with Crippen molar-refractivity contribution < 1.29 is 5.11 Å². The van der Waals surface area contributed by atoms with Crippen LogP contribution < -0.4 is 0 Å². The van der Waals surface area contributed by atoms with Crippen LogP contribution in [0.4, 0.5) is 0 Å². The van der Waals surface area contributed by atoms with Crippen LogP contribution >= 0.6 is 0 Å². The van der Waals surface area contributed by atoms with Gasteiger partial charge in [-0.25, -0.2) is 0 Å². The van der Waals surface area contributed by atoms with Gasteiger partial charge in [-0.2, -0.15) is 0 Å². The van der Waals surface area contributed by atoms with Gasteiger partial charge in [0.25, 0.3) is 0 Å². The molecule has 0 aliphatic rings. The van der Waals surface area contributed by atoms with Crippen molar-refractivity contribution in [3.05, 3.63) is 0 Å². The van der Waals surface area contributed by atoms with Gasteiger partial charge in [0.2, 0.25) is 0 Å². The Hall–Kier alpha value is 0.611. The molecule has 0 spiro atoms. The smallest absolute Gasteiger partial charge is 0.0478 e. The highest BCUT2D eigenvalue weighted by Gasteiger charge is 2.59. The number of aliphatic hydroxyl groups excluding tert-OH is 1. The van der Waals surface area contributed by atoms with E-state index < -0.39 is 24.2 Å². The van der Waals surface area contributed by atoms with E-state index in [4.69, 9.17) is 0 Å². The van der Waals surface area contributed by atoms with Crippen LogP contribution in [0.3, 0.4) is 0 Å². The molecule has 0 unspecified atom stereocenters. The predicted octanol–water partition coefficient (Wildman–Crippen LogP) is 3.81. The molecule has 0 aromatic heterocycles. The van der Waals surface area contributed by atoms with Crippen molar-refractivity contribution in [1.29, 1.82) is 0 Å². The van der Waals surface area contributed by atoms with Gasteiger partial charge in [0.15, 0.2) is 0 Å². The first-order chi connectivity index (χ1) is 6.31. The van der Waals surface area contributed by atoms with Crippen molar-refractivity contribution in [1.82, 2.24) is 0 Å². The molecule has 0 saturated heterocycles. The Morgan fingerprint density at radius 1 is 0.667 bits per heavy atom. The molecule has 1 nitrogen and oxygen atoms in total. The Kier molecular flexibility index (Phi) is 4.29. The van der Waals surface area contributed by atoms with E-state index in [1.54, 1.807) is 0 Å². The molecule has 4 heteroatoms. The molecule has 0 radical (unpaired) electrons. The van der Waals surface area contributed by atoms with Crippen molar-refractivity contribution >= 4 is 24.2 Å². The van der Waals surface area contributed by atoms with Crippen LogP contribution in [-0.2, 0) is 0 Å². The third-order valence-corrected chi connectivity index (χ3v) is 25.7. The Morgan fingerprint density at radius 3 is 0.867 bits per heavy atom. The van der Waals surface area contributed by atoms with Crippen molar-refractivity contribution in [3.8, 4) is 0 Å². The first kappa shape index (κ1) is 15.6. The van der Waals surface area contributed by atoms with Gasteiger partial charge in [-0.1, -0.05) is 58.9 Å². The molecule has 0 saturated carbocycles. The van der Waals surface area contributed by atoms with E-state index in [1.165, 1.54) is 0 Å². The SMILES string of the molecule is C[Si](C)(C)C(CO)([Si](C)(C)C)[Si](C)(C)C. The molecule has 0 rings (SSSR count). The third-order valence-electron chi connectivity index (χ3n) is 4.08. The van der Waals surface area contributed by atoms with Crippen LogP contribution in [0.2, 0.25) is 63.2 Å². The van der Waals surface area contributed by atoms with Crippen molar-refractivity contribution in [2.75, 3.05) is 6.61 Å². The molecule has 0 atom stereocenters. The van der Waals surface area contributed by atoms with Gasteiger partial charge in [-0.15, -0.1) is 0 Å². The molecule has 0 heterocycles. The van der Waals surface area contributed by atoms with Gasteiger partial charge in [0.05, 0.1) is 0 Å². The summed E-state index contributed by atoms with van der Waals surface area (Å²) < 4.78 is 0.326. The van der Waals surface area contributed by atoms with Crippen LogP contribution in [0.1, 0.15) is 0 Å². The fourth-order valence-corrected chi connectivity index (χ4v) is 32.5. The molecule has 0 aliphatic heterocycles. The molecule has 0 amide bonds. The molecule has 0 aromatic carbocycles. The monoisotopic (exact) mass is 262 g/mol. The van der Waals surface area contributed by atoms with E-state index in [0.717, 1.165) is 0 Å². The highest BCUT2D eigenvalue weighted by molar-refractivity contribution is 7.15. The Balaban J connectivity index is 5.78. The van der Waals surface area contributed by atoms with E-state index in [1.807, 2.05) is 0 Å². The van der Waals surface area contributed by atoms with Crippen LogP contribution in [-0.4, -0.2) is 35.9 Å². The van der Waals surface area contributed by atoms with Crippen LogP contribution in [0, 0.1) is 0 Å². The van der Waals surface area contributed by atoms with E-state index in [0.29, 0.717) is 10.9 Å². The summed E-state index contributed by atoms with van der Waals surface area (Å²) in [6.45, 7) is 22.4. The molecule has 0 aromatic rings. The zero-order valence-electron chi connectivity index (χ0n) is 12.2. The lowest BCUT2D eigenvalue weighted by Gasteiger charge is -2.58. The Bertz CT molecular complexity index is 181. The maximum Gasteiger partial charge on any atom is 0.0478 e. The molecule has 92 valence electrons. The summed E-state index contributed by atoms with van der Waals surface area (Å²) in [5.41, 5.74) is 0. The summed E-state index contributed by atoms with van der Waals surface area (Å²) in [6, 6.07) is 0. The normalized spacial score (nSPS) is 15.6. The Labute approximate surface area is 99.3 Å². The lowest BCUT2D eigenvalue weighted by Crippen LogP contribution is -2.67. The van der Waals surface area contributed by atoms with Gasteiger partial charge in [0, 0.05) is 30.8 Å². The van der Waals surface area contributed by atoms with Gasteiger partial charge >= 0.3 is 0 Å². The largest absolute Gasteiger partial charge is 0.397 e. The van der Waals surface area contributed by atoms with E-state index in [-0.39, 0.29) is 0 Å². The molecule has 0 aliphatic carbocycles. The lowest BCUT2D eigenvalue weighted by molar-refractivity contribution is 0.290. The summed E-state index contributed by atoms with van der Waals surface area (Å²) in [5, 5.41) is 10.1. The third kappa shape index (κ3) is 2.48. The van der Waals surface area contributed by atoms with Crippen LogP contribution in [0.5, 0.6) is 0 Å². The van der Waals surface area contributed by atoms with Crippen LogP contribution in [0.15, 0.2) is 0 Å². The second-order valence-electron chi connectivity index (χ2n) is 7.81. The molecule has 0 fully saturated rings. The fraction of sp³-hybridized carbons (Fsp3) is 1.00. The minimum absolute atomic E-state index is 0.326. The van der Waals surface area contributed by atoms with E-state index in [2.05, 4.69) is 58.9 Å². The maximum atomic E-state index is 10.1. The average Bonchev–Trinajstić information content (AvgIpc) is 1.76. The highest BCUT2D eigenvalue weighted by atomic mass is 28.5. The number of hydrogen-bond acceptors (Lipinski definition) is 1. The summed E-state index contributed by atoms with van der Waals surface area (Å²) in [7, 11) is -4.00. The summed E-state index contributed by atoms with van der Waals surface area (Å²) in [6.07, 6.45) is 0. The summed E-state index contributed by atoms with van der Waals surface area (Å²) >= 11 is 0. The van der Waals surface area contributed by atoms with Gasteiger partial charge in [0.1, 0.15) is 0 Å². The fourth-order valence-electron chi connectivity index (χ4n) is 4.09. The number of aliphatic hydroxyl groups is 1. The molecular weight excluding hydrogens is 232 g/mol. The maximum absolute atomic E-state index is 10.1. The zero-order valence-corrected chi connectivity index (χ0v) is 15.2. The molecular formula is C11H30OSi3. The van der Waals surface area contributed by atoms with Gasteiger partial charge < -0.3 is 5.11 Å². The van der Waals surface area contributed by atoms with Crippen molar-refractivity contribution in [3.63, 3.8) is 0 Å². The summed E-state index contributed by atoms with van der Waals surface area (Å²) in [4.78, 5) is 0. The van der Waals surface area contributed by atoms with E-state index >= 15 is 0 Å². The zero-order chi connectivity index (χ0) is 12.7. The van der Waals surface area contributed by atoms with Gasteiger partial charge in [-0.3, -0.25) is 0 Å². The van der Waals surface area contributed by atoms with E-state index in [9.17, 15) is 5.11 Å². The molecule has 0 bridgehead atoms. The predicted molar refractivity (Wildman–Crippen MR) is 79.8 cm³/mol.